The quantitative estimate of drug-likeness (QED) is 0.583. The fraction of sp³-hybridized carbons (Fsp3) is 0.929. The average Bonchev–Trinajstić information content (AvgIpc) is 2.36. The van der Waals surface area contributed by atoms with E-state index in [2.05, 4.69) is 43.3 Å². The first kappa shape index (κ1) is 15.3. The minimum absolute atomic E-state index is 0.368. The van der Waals surface area contributed by atoms with Crippen molar-refractivity contribution in [1.82, 2.24) is 10.6 Å². The molecule has 1 fully saturated rings. The second-order valence-electron chi connectivity index (χ2n) is 5.23. The summed E-state index contributed by atoms with van der Waals surface area (Å²) in [7, 11) is 0. The maximum Gasteiger partial charge on any atom is 0.191 e. The van der Waals surface area contributed by atoms with E-state index in [-0.39, 0.29) is 0 Å². The molecule has 0 spiro atoms. The molecule has 0 bridgehead atoms. The smallest absolute Gasteiger partial charge is 0.191 e. The van der Waals surface area contributed by atoms with E-state index >= 15 is 0 Å². The Morgan fingerprint density at radius 3 is 2.50 bits per heavy atom. The summed E-state index contributed by atoms with van der Waals surface area (Å²) in [5, 5.41) is 6.53. The van der Waals surface area contributed by atoms with Crippen molar-refractivity contribution in [3.05, 3.63) is 0 Å². The summed E-state index contributed by atoms with van der Waals surface area (Å²) < 4.78 is 5.89. The van der Waals surface area contributed by atoms with Crippen LogP contribution in [0.25, 0.3) is 0 Å². The monoisotopic (exact) mass is 255 g/mol. The molecule has 4 heteroatoms. The average molecular weight is 255 g/mol. The zero-order chi connectivity index (χ0) is 13.4. The first-order valence-electron chi connectivity index (χ1n) is 7.32. The molecule has 0 aliphatic carbocycles. The van der Waals surface area contributed by atoms with E-state index in [1.54, 1.807) is 0 Å². The van der Waals surface area contributed by atoms with E-state index in [0.29, 0.717) is 17.9 Å². The van der Waals surface area contributed by atoms with Crippen LogP contribution in [0.5, 0.6) is 0 Å². The van der Waals surface area contributed by atoms with Gasteiger partial charge in [-0.1, -0.05) is 13.8 Å². The number of guanidine groups is 1. The fourth-order valence-corrected chi connectivity index (χ4v) is 2.51. The molecule has 0 aromatic carbocycles. The van der Waals surface area contributed by atoms with Gasteiger partial charge in [0, 0.05) is 32.2 Å². The Hall–Kier alpha value is -0.770. The van der Waals surface area contributed by atoms with Gasteiger partial charge in [0.25, 0.3) is 0 Å². The van der Waals surface area contributed by atoms with Gasteiger partial charge < -0.3 is 15.4 Å². The Morgan fingerprint density at radius 1 is 1.28 bits per heavy atom. The molecule has 0 radical (unpaired) electrons. The maximum absolute atomic E-state index is 5.89. The summed E-state index contributed by atoms with van der Waals surface area (Å²) in [5.41, 5.74) is 0. The van der Waals surface area contributed by atoms with Crippen LogP contribution in [-0.4, -0.2) is 38.3 Å². The minimum Gasteiger partial charge on any atom is -0.378 e. The number of hydrogen-bond acceptors (Lipinski definition) is 2. The van der Waals surface area contributed by atoms with Crippen LogP contribution in [0.1, 0.15) is 40.5 Å². The van der Waals surface area contributed by atoms with Crippen molar-refractivity contribution in [2.45, 2.75) is 46.6 Å². The molecule has 0 amide bonds. The van der Waals surface area contributed by atoms with Crippen molar-refractivity contribution < 1.29 is 4.74 Å². The molecule has 0 saturated carbocycles. The fourth-order valence-electron chi connectivity index (χ4n) is 2.51. The number of ether oxygens (including phenoxy) is 1. The van der Waals surface area contributed by atoms with Gasteiger partial charge in [0.15, 0.2) is 5.96 Å². The topological polar surface area (TPSA) is 45.7 Å². The van der Waals surface area contributed by atoms with Crippen molar-refractivity contribution in [3.8, 4) is 0 Å². The molecule has 1 saturated heterocycles. The largest absolute Gasteiger partial charge is 0.378 e. The van der Waals surface area contributed by atoms with Gasteiger partial charge in [-0.2, -0.15) is 0 Å². The third-order valence-electron chi connectivity index (χ3n) is 3.32. The van der Waals surface area contributed by atoms with Crippen molar-refractivity contribution >= 4 is 5.96 Å². The van der Waals surface area contributed by atoms with E-state index in [0.717, 1.165) is 32.2 Å². The van der Waals surface area contributed by atoms with Gasteiger partial charge in [0.05, 0.1) is 6.10 Å². The van der Waals surface area contributed by atoms with Crippen LogP contribution in [0.15, 0.2) is 4.99 Å². The molecule has 1 rings (SSSR count). The zero-order valence-corrected chi connectivity index (χ0v) is 12.3. The predicted octanol–water partition coefficient (Wildman–Crippen LogP) is 2.01. The highest BCUT2D eigenvalue weighted by Crippen LogP contribution is 2.26. The molecular weight excluding hydrogens is 226 g/mol. The number of nitrogens with zero attached hydrogens (tertiary/aromatic N) is 1. The highest BCUT2D eigenvalue weighted by atomic mass is 16.5. The molecule has 0 aromatic rings. The maximum atomic E-state index is 5.89. The van der Waals surface area contributed by atoms with Crippen LogP contribution in [0.3, 0.4) is 0 Å². The van der Waals surface area contributed by atoms with Crippen molar-refractivity contribution in [2.24, 2.45) is 16.8 Å². The second-order valence-corrected chi connectivity index (χ2v) is 5.23. The second kappa shape index (κ2) is 8.35. The van der Waals surface area contributed by atoms with Gasteiger partial charge in [-0.3, -0.25) is 4.99 Å². The molecule has 1 heterocycles. The Kier molecular flexibility index (Phi) is 7.09. The molecule has 4 nitrogen and oxygen atoms in total. The van der Waals surface area contributed by atoms with Crippen LogP contribution in [0.4, 0.5) is 0 Å². The molecule has 0 aromatic heterocycles. The van der Waals surface area contributed by atoms with Crippen molar-refractivity contribution in [3.63, 3.8) is 0 Å². The van der Waals surface area contributed by atoms with Gasteiger partial charge in [0.2, 0.25) is 0 Å². The van der Waals surface area contributed by atoms with Crippen molar-refractivity contribution in [1.29, 1.82) is 0 Å². The van der Waals surface area contributed by atoms with E-state index < -0.39 is 0 Å². The lowest BCUT2D eigenvalue weighted by molar-refractivity contribution is -0.0491. The number of hydrogen-bond donors (Lipinski definition) is 2. The molecule has 18 heavy (non-hydrogen) atoms. The number of nitrogens with one attached hydrogen (secondary N) is 2. The lowest BCUT2D eigenvalue weighted by Gasteiger charge is -2.33. The van der Waals surface area contributed by atoms with Crippen LogP contribution in [0.2, 0.25) is 0 Å². The summed E-state index contributed by atoms with van der Waals surface area (Å²) >= 11 is 0. The molecule has 2 atom stereocenters. The summed E-state index contributed by atoms with van der Waals surface area (Å²) in [6.07, 6.45) is 2.77. The van der Waals surface area contributed by atoms with E-state index in [4.69, 9.17) is 4.74 Å². The molecule has 2 N–H and O–H groups in total. The molecule has 2 unspecified atom stereocenters. The lowest BCUT2D eigenvalue weighted by Crippen LogP contribution is -2.39. The standard InChI is InChI=1S/C14H29N3O/c1-5-15-14(16-6-2)17-10-12-8-7-9-18-13(12)11(3)4/h11-13H,5-10H2,1-4H3,(H2,15,16,17). The van der Waals surface area contributed by atoms with Crippen LogP contribution >= 0.6 is 0 Å². The summed E-state index contributed by atoms with van der Waals surface area (Å²) in [6, 6.07) is 0. The molecule has 1 aliphatic rings. The third-order valence-corrected chi connectivity index (χ3v) is 3.32. The normalized spacial score (nSPS) is 23.8. The van der Waals surface area contributed by atoms with Gasteiger partial charge in [-0.25, -0.2) is 0 Å². The first-order valence-corrected chi connectivity index (χ1v) is 7.32. The Balaban J connectivity index is 2.53. The van der Waals surface area contributed by atoms with E-state index in [1.807, 2.05) is 0 Å². The van der Waals surface area contributed by atoms with Gasteiger partial charge in [0.1, 0.15) is 0 Å². The van der Waals surface area contributed by atoms with Gasteiger partial charge in [-0.05, 0) is 32.6 Å². The molecular formula is C14H29N3O. The zero-order valence-electron chi connectivity index (χ0n) is 12.3. The summed E-state index contributed by atoms with van der Waals surface area (Å²) in [5.74, 6) is 2.06. The highest BCUT2D eigenvalue weighted by molar-refractivity contribution is 5.79. The Labute approximate surface area is 112 Å². The molecule has 1 aliphatic heterocycles. The van der Waals surface area contributed by atoms with Crippen LogP contribution in [0, 0.1) is 11.8 Å². The number of aliphatic imine (C=N–C) groups is 1. The van der Waals surface area contributed by atoms with Gasteiger partial charge in [-0.15, -0.1) is 0 Å². The van der Waals surface area contributed by atoms with E-state index in [1.165, 1.54) is 12.8 Å². The Bertz CT molecular complexity index is 245. The number of rotatable bonds is 5. The van der Waals surface area contributed by atoms with E-state index in [9.17, 15) is 0 Å². The molecule has 106 valence electrons. The van der Waals surface area contributed by atoms with Crippen LogP contribution < -0.4 is 10.6 Å². The first-order chi connectivity index (χ1) is 8.69. The predicted molar refractivity (Wildman–Crippen MR) is 77.0 cm³/mol. The summed E-state index contributed by atoms with van der Waals surface area (Å²) in [4.78, 5) is 4.67. The third kappa shape index (κ3) is 4.84. The van der Waals surface area contributed by atoms with Crippen molar-refractivity contribution in [2.75, 3.05) is 26.2 Å². The minimum atomic E-state index is 0.368. The highest BCUT2D eigenvalue weighted by Gasteiger charge is 2.28. The SMILES string of the molecule is CCNC(=NCC1CCCOC1C(C)C)NCC. The van der Waals surface area contributed by atoms with Gasteiger partial charge >= 0.3 is 0 Å². The van der Waals surface area contributed by atoms with Crippen LogP contribution in [-0.2, 0) is 4.74 Å². The Morgan fingerprint density at radius 2 is 1.94 bits per heavy atom. The lowest BCUT2D eigenvalue weighted by atomic mass is 9.87. The summed E-state index contributed by atoms with van der Waals surface area (Å²) in [6.45, 7) is 12.2.